The molecule has 0 aliphatic carbocycles. The van der Waals surface area contributed by atoms with Crippen LogP contribution < -0.4 is 16.8 Å². The minimum absolute atomic E-state index is 0.0976. The zero-order chi connectivity index (χ0) is 22.0. The van der Waals surface area contributed by atoms with Gasteiger partial charge in [-0.3, -0.25) is 0 Å². The first kappa shape index (κ1) is 20.8. The minimum atomic E-state index is 0.0976. The fourth-order valence-electron chi connectivity index (χ4n) is 3.18. The molecule has 0 spiro atoms. The highest BCUT2D eigenvalue weighted by Gasteiger charge is 2.09. The zero-order valence-electron chi connectivity index (χ0n) is 17.3. The maximum atomic E-state index is 6.35. The Bertz CT molecular complexity index is 1240. The van der Waals surface area contributed by atoms with E-state index in [4.69, 9.17) is 32.8 Å². The van der Waals surface area contributed by atoms with Gasteiger partial charge in [0.25, 0.3) is 0 Å². The van der Waals surface area contributed by atoms with Gasteiger partial charge in [0.1, 0.15) is 5.82 Å². The van der Waals surface area contributed by atoms with Crippen LogP contribution in [-0.2, 0) is 11.3 Å². The number of hydrogen-bond donors (Lipinski definition) is 3. The number of ether oxygens (including phenoxy) is 1. The van der Waals surface area contributed by atoms with Crippen molar-refractivity contribution in [1.29, 1.82) is 0 Å². The smallest absolute Gasteiger partial charge is 0.222 e. The number of rotatable bonds is 6. The van der Waals surface area contributed by atoms with Gasteiger partial charge in [-0.15, -0.1) is 0 Å². The highest BCUT2D eigenvalue weighted by molar-refractivity contribution is 6.30. The summed E-state index contributed by atoms with van der Waals surface area (Å²) in [4.78, 5) is 13.2. The van der Waals surface area contributed by atoms with Gasteiger partial charge < -0.3 is 21.5 Å². The number of fused-ring (bicyclic) bond motifs is 1. The maximum Gasteiger partial charge on any atom is 0.222 e. The summed E-state index contributed by atoms with van der Waals surface area (Å²) in [5, 5.41) is 4.75. The molecule has 0 radical (unpaired) electrons. The molecule has 8 heteroatoms. The second-order valence-electron chi connectivity index (χ2n) is 7.43. The van der Waals surface area contributed by atoms with Gasteiger partial charge in [0, 0.05) is 33.4 Å². The van der Waals surface area contributed by atoms with Crippen molar-refractivity contribution >= 4 is 45.6 Å². The van der Waals surface area contributed by atoms with Crippen molar-refractivity contribution in [1.82, 2.24) is 15.0 Å². The number of nitrogens with one attached hydrogen (secondary N) is 1. The molecule has 7 nitrogen and oxygen atoms in total. The van der Waals surface area contributed by atoms with Crippen molar-refractivity contribution in [3.05, 3.63) is 65.3 Å². The molecule has 0 atom stereocenters. The average molecular weight is 435 g/mol. The number of nitrogen functional groups attached to an aromatic ring is 2. The van der Waals surface area contributed by atoms with E-state index in [0.717, 1.165) is 27.8 Å². The lowest BCUT2D eigenvalue weighted by Gasteiger charge is -2.12. The van der Waals surface area contributed by atoms with Crippen LogP contribution in [0.3, 0.4) is 0 Å². The molecule has 158 valence electrons. The van der Waals surface area contributed by atoms with E-state index in [1.165, 1.54) is 0 Å². The van der Waals surface area contributed by atoms with E-state index in [2.05, 4.69) is 15.3 Å². The highest BCUT2D eigenvalue weighted by atomic mass is 35.5. The van der Waals surface area contributed by atoms with E-state index in [-0.39, 0.29) is 12.1 Å². The van der Waals surface area contributed by atoms with Gasteiger partial charge >= 0.3 is 0 Å². The summed E-state index contributed by atoms with van der Waals surface area (Å²) in [7, 11) is 0. The van der Waals surface area contributed by atoms with Gasteiger partial charge in [-0.2, -0.15) is 4.98 Å². The van der Waals surface area contributed by atoms with Crippen LogP contribution in [0.5, 0.6) is 0 Å². The normalized spacial score (nSPS) is 11.2. The van der Waals surface area contributed by atoms with Crippen molar-refractivity contribution in [3.63, 3.8) is 0 Å². The first-order valence-electron chi connectivity index (χ1n) is 9.85. The van der Waals surface area contributed by atoms with Gasteiger partial charge in [0.2, 0.25) is 5.95 Å². The predicted octanol–water partition coefficient (Wildman–Crippen LogP) is 5.18. The lowest BCUT2D eigenvalue weighted by atomic mass is 10.1. The molecule has 2 heterocycles. The molecule has 0 saturated carbocycles. The van der Waals surface area contributed by atoms with Crippen LogP contribution >= 0.6 is 11.6 Å². The van der Waals surface area contributed by atoms with Crippen molar-refractivity contribution in [3.8, 4) is 11.3 Å². The summed E-state index contributed by atoms with van der Waals surface area (Å²) >= 11 is 6.11. The number of aromatic nitrogens is 3. The molecule has 31 heavy (non-hydrogen) atoms. The molecule has 2 aromatic carbocycles. The van der Waals surface area contributed by atoms with E-state index in [9.17, 15) is 0 Å². The van der Waals surface area contributed by atoms with E-state index in [0.29, 0.717) is 28.8 Å². The first-order chi connectivity index (χ1) is 14.9. The molecule has 0 amide bonds. The quantitative estimate of drug-likeness (QED) is 0.383. The second kappa shape index (κ2) is 8.75. The number of hydrogen-bond acceptors (Lipinski definition) is 7. The summed E-state index contributed by atoms with van der Waals surface area (Å²) in [6.45, 7) is 4.30. The molecule has 0 unspecified atom stereocenters. The summed E-state index contributed by atoms with van der Waals surface area (Å²) in [6, 6.07) is 17.0. The Hall–Kier alpha value is -3.42. The van der Waals surface area contributed by atoms with Crippen LogP contribution in [0.4, 0.5) is 23.1 Å². The first-order valence-corrected chi connectivity index (χ1v) is 10.2. The third kappa shape index (κ3) is 5.02. The molecule has 2 aromatic heterocycles. The number of pyridine rings is 1. The van der Waals surface area contributed by atoms with Crippen LogP contribution in [0, 0.1) is 0 Å². The van der Waals surface area contributed by atoms with Gasteiger partial charge in [0.15, 0.2) is 0 Å². The summed E-state index contributed by atoms with van der Waals surface area (Å²) in [5.41, 5.74) is 16.8. The van der Waals surface area contributed by atoms with Gasteiger partial charge in [-0.05, 0) is 50.2 Å². The molecule has 0 bridgehead atoms. The van der Waals surface area contributed by atoms with Crippen LogP contribution in [0.15, 0.2) is 54.6 Å². The Morgan fingerprint density at radius 3 is 2.61 bits per heavy atom. The van der Waals surface area contributed by atoms with E-state index in [1.54, 1.807) is 0 Å². The average Bonchev–Trinajstić information content (AvgIpc) is 2.72. The van der Waals surface area contributed by atoms with Gasteiger partial charge in [-0.25, -0.2) is 9.97 Å². The van der Waals surface area contributed by atoms with Crippen LogP contribution in [0.2, 0.25) is 5.02 Å². The van der Waals surface area contributed by atoms with Crippen molar-refractivity contribution < 1.29 is 4.74 Å². The largest absolute Gasteiger partial charge is 0.398 e. The van der Waals surface area contributed by atoms with Crippen LogP contribution in [-0.4, -0.2) is 21.1 Å². The third-order valence-corrected chi connectivity index (χ3v) is 4.83. The molecule has 4 rings (SSSR count). The Morgan fingerprint density at radius 1 is 1.00 bits per heavy atom. The summed E-state index contributed by atoms with van der Waals surface area (Å²) in [6.07, 6.45) is 0.0976. The third-order valence-electron chi connectivity index (χ3n) is 4.59. The van der Waals surface area contributed by atoms with E-state index >= 15 is 0 Å². The molecule has 0 saturated heterocycles. The highest BCUT2D eigenvalue weighted by Crippen LogP contribution is 2.30. The Balaban J connectivity index is 1.63. The Kier molecular flexibility index (Phi) is 5.88. The van der Waals surface area contributed by atoms with Crippen LogP contribution in [0.25, 0.3) is 22.2 Å². The van der Waals surface area contributed by atoms with Crippen molar-refractivity contribution in [2.24, 2.45) is 0 Å². The number of benzene rings is 2. The molecule has 0 aliphatic heterocycles. The van der Waals surface area contributed by atoms with Crippen LogP contribution in [0.1, 0.15) is 19.5 Å². The minimum Gasteiger partial charge on any atom is -0.398 e. The maximum absolute atomic E-state index is 6.35. The molecule has 4 aromatic rings. The summed E-state index contributed by atoms with van der Waals surface area (Å²) < 4.78 is 5.61. The summed E-state index contributed by atoms with van der Waals surface area (Å²) in [5.74, 6) is 0.761. The fourth-order valence-corrected chi connectivity index (χ4v) is 3.37. The molecule has 0 fully saturated rings. The van der Waals surface area contributed by atoms with Gasteiger partial charge in [0.05, 0.1) is 29.6 Å². The van der Waals surface area contributed by atoms with Gasteiger partial charge in [-0.1, -0.05) is 23.7 Å². The number of nitrogens with two attached hydrogens (primary N) is 2. The second-order valence-corrected chi connectivity index (χ2v) is 7.86. The fraction of sp³-hybridized carbons (Fsp3) is 0.174. The van der Waals surface area contributed by atoms with Crippen molar-refractivity contribution in [2.75, 3.05) is 16.8 Å². The van der Waals surface area contributed by atoms with Crippen molar-refractivity contribution in [2.45, 2.75) is 26.6 Å². The monoisotopic (exact) mass is 434 g/mol. The Labute approximate surface area is 185 Å². The Morgan fingerprint density at radius 2 is 1.84 bits per heavy atom. The zero-order valence-corrected chi connectivity index (χ0v) is 18.0. The number of halogens is 1. The predicted molar refractivity (Wildman–Crippen MR) is 126 cm³/mol. The molecular weight excluding hydrogens is 412 g/mol. The number of nitrogens with zero attached hydrogens (tertiary/aromatic N) is 3. The molecule has 5 N–H and O–H groups in total. The van der Waals surface area contributed by atoms with E-state index in [1.807, 2.05) is 68.4 Å². The lowest BCUT2D eigenvalue weighted by Crippen LogP contribution is -2.07. The molecular formula is C23H23ClN6O. The standard InChI is InChI=1S/C23H23ClN6O/c1-13(2)31-12-17-10-22(30-23(26)28-17)27-16-6-7-20-18(9-16)19(25)11-21(29-20)14-4-3-5-15(24)8-14/h3-11,13H,12H2,1-2H3,(H2,25,29)(H3,26,27,28,30). The number of anilines is 4. The lowest BCUT2D eigenvalue weighted by molar-refractivity contribution is 0.0636. The topological polar surface area (TPSA) is 112 Å². The molecule has 0 aliphatic rings. The SMILES string of the molecule is CC(C)OCc1cc(Nc2ccc3nc(-c4cccc(Cl)c4)cc(N)c3c2)nc(N)n1. The van der Waals surface area contributed by atoms with E-state index < -0.39 is 0 Å².